The van der Waals surface area contributed by atoms with Gasteiger partial charge < -0.3 is 4.74 Å². The van der Waals surface area contributed by atoms with E-state index in [0.29, 0.717) is 19.0 Å². The van der Waals surface area contributed by atoms with Crippen LogP contribution >= 0.6 is 0 Å². The molecule has 3 rings (SSSR count). The third-order valence-corrected chi connectivity index (χ3v) is 3.52. The van der Waals surface area contributed by atoms with E-state index in [-0.39, 0.29) is 11.5 Å². The van der Waals surface area contributed by atoms with Gasteiger partial charge in [-0.2, -0.15) is 0 Å². The van der Waals surface area contributed by atoms with E-state index in [1.54, 1.807) is 11.1 Å². The lowest BCUT2D eigenvalue weighted by Crippen LogP contribution is -2.47. The zero-order valence-electron chi connectivity index (χ0n) is 12.2. The molecule has 1 aliphatic heterocycles. The highest BCUT2D eigenvalue weighted by Gasteiger charge is 2.34. The summed E-state index contributed by atoms with van der Waals surface area (Å²) in [4.78, 5) is 17.9. The quantitative estimate of drug-likeness (QED) is 0.842. The summed E-state index contributed by atoms with van der Waals surface area (Å²) in [6, 6.07) is 13.9. The molecule has 4 heteroatoms. The van der Waals surface area contributed by atoms with Gasteiger partial charge in [-0.05, 0) is 17.7 Å². The van der Waals surface area contributed by atoms with Crippen molar-refractivity contribution in [3.63, 3.8) is 0 Å². The summed E-state index contributed by atoms with van der Waals surface area (Å²) in [5, 5.41) is 0. The highest BCUT2D eigenvalue weighted by molar-refractivity contribution is 5.87. The Morgan fingerprint density at radius 3 is 2.52 bits per heavy atom. The molecule has 1 aliphatic rings. The number of nitrogens with zero attached hydrogens (tertiary/aromatic N) is 2. The second-order valence-electron chi connectivity index (χ2n) is 6.08. The van der Waals surface area contributed by atoms with Crippen LogP contribution in [0.2, 0.25) is 0 Å². The monoisotopic (exact) mass is 282 g/mol. The largest absolute Gasteiger partial charge is 0.448 e. The predicted octanol–water partition coefficient (Wildman–Crippen LogP) is 3.73. The Balaban J connectivity index is 1.85. The van der Waals surface area contributed by atoms with Gasteiger partial charge in [0.25, 0.3) is 0 Å². The summed E-state index contributed by atoms with van der Waals surface area (Å²) in [5.74, 6) is 0.632. The number of rotatable bonds is 2. The van der Waals surface area contributed by atoms with Crippen molar-refractivity contribution >= 4 is 11.9 Å². The fourth-order valence-corrected chi connectivity index (χ4v) is 2.39. The van der Waals surface area contributed by atoms with Crippen molar-refractivity contribution in [3.8, 4) is 11.1 Å². The highest BCUT2D eigenvalue weighted by Crippen LogP contribution is 2.28. The molecule has 0 saturated carbocycles. The third-order valence-electron chi connectivity index (χ3n) is 3.52. The molecule has 0 atom stereocenters. The normalized spacial score (nSPS) is 17.4. The van der Waals surface area contributed by atoms with Crippen LogP contribution in [0.5, 0.6) is 0 Å². The van der Waals surface area contributed by atoms with Gasteiger partial charge in [-0.25, -0.2) is 9.78 Å². The summed E-state index contributed by atoms with van der Waals surface area (Å²) < 4.78 is 5.22. The van der Waals surface area contributed by atoms with Gasteiger partial charge in [0.05, 0.1) is 6.61 Å². The van der Waals surface area contributed by atoms with Crippen molar-refractivity contribution in [2.45, 2.75) is 13.8 Å². The molecule has 108 valence electrons. The van der Waals surface area contributed by atoms with Gasteiger partial charge in [-0.1, -0.05) is 44.2 Å². The van der Waals surface area contributed by atoms with Crippen molar-refractivity contribution < 1.29 is 9.53 Å². The molecule has 1 saturated heterocycles. The van der Waals surface area contributed by atoms with Gasteiger partial charge >= 0.3 is 6.09 Å². The topological polar surface area (TPSA) is 42.4 Å². The lowest BCUT2D eigenvalue weighted by atomic mass is 9.93. The maximum atomic E-state index is 11.9. The van der Waals surface area contributed by atoms with Crippen LogP contribution in [-0.2, 0) is 4.74 Å². The highest BCUT2D eigenvalue weighted by atomic mass is 16.6. The number of hydrogen-bond acceptors (Lipinski definition) is 3. The van der Waals surface area contributed by atoms with Crippen LogP contribution in [0.15, 0.2) is 48.7 Å². The van der Waals surface area contributed by atoms with Gasteiger partial charge in [-0.15, -0.1) is 0 Å². The Labute approximate surface area is 124 Å². The van der Waals surface area contributed by atoms with E-state index < -0.39 is 0 Å². The van der Waals surface area contributed by atoms with Crippen LogP contribution in [0, 0.1) is 5.41 Å². The van der Waals surface area contributed by atoms with Gasteiger partial charge in [0.15, 0.2) is 0 Å². The molecule has 4 nitrogen and oxygen atoms in total. The molecule has 0 radical (unpaired) electrons. The molecule has 21 heavy (non-hydrogen) atoms. The molecule has 1 aromatic heterocycles. The van der Waals surface area contributed by atoms with Crippen molar-refractivity contribution in [2.24, 2.45) is 5.41 Å². The van der Waals surface area contributed by atoms with E-state index >= 15 is 0 Å². The Bertz CT molecular complexity index is 636. The fraction of sp³-hybridized carbons (Fsp3) is 0.294. The van der Waals surface area contributed by atoms with E-state index in [1.807, 2.05) is 42.5 Å². The smallest absolute Gasteiger partial charge is 0.415 e. The molecule has 0 spiro atoms. The number of amides is 1. The third kappa shape index (κ3) is 2.89. The number of hydrogen-bond donors (Lipinski definition) is 0. The molecule has 0 unspecified atom stereocenters. The Morgan fingerprint density at radius 2 is 1.86 bits per heavy atom. The number of cyclic esters (lactones) is 1. The summed E-state index contributed by atoms with van der Waals surface area (Å²) in [6.07, 6.45) is 1.47. The number of anilines is 1. The van der Waals surface area contributed by atoms with Gasteiger partial charge in [0.1, 0.15) is 5.82 Å². The van der Waals surface area contributed by atoms with Crippen LogP contribution in [0.1, 0.15) is 13.8 Å². The van der Waals surface area contributed by atoms with Crippen molar-refractivity contribution in [1.82, 2.24) is 4.98 Å². The van der Waals surface area contributed by atoms with E-state index in [9.17, 15) is 4.79 Å². The first-order chi connectivity index (χ1) is 10.1. The van der Waals surface area contributed by atoms with Crippen LogP contribution in [0.25, 0.3) is 11.1 Å². The number of aromatic nitrogens is 1. The molecule has 1 amide bonds. The first kappa shape index (κ1) is 13.6. The zero-order chi connectivity index (χ0) is 14.9. The maximum Gasteiger partial charge on any atom is 0.415 e. The average Bonchev–Trinajstić information content (AvgIpc) is 2.51. The second-order valence-corrected chi connectivity index (χ2v) is 6.08. The number of ether oxygens (including phenoxy) is 1. The minimum atomic E-state index is -0.325. The summed E-state index contributed by atoms with van der Waals surface area (Å²) in [7, 11) is 0. The summed E-state index contributed by atoms with van der Waals surface area (Å²) in [6.45, 7) is 5.21. The number of benzene rings is 1. The molecule has 0 N–H and O–H groups in total. The lowest BCUT2D eigenvalue weighted by Gasteiger charge is -2.36. The fourth-order valence-electron chi connectivity index (χ4n) is 2.39. The predicted molar refractivity (Wildman–Crippen MR) is 82.1 cm³/mol. The Kier molecular flexibility index (Phi) is 3.37. The minimum Gasteiger partial charge on any atom is -0.448 e. The Hall–Kier alpha value is -2.36. The number of carbonyl (C=O) groups excluding carboxylic acids is 1. The number of pyridine rings is 1. The molecule has 2 heterocycles. The number of carbonyl (C=O) groups is 1. The van der Waals surface area contributed by atoms with Crippen LogP contribution in [0.3, 0.4) is 0 Å². The summed E-state index contributed by atoms with van der Waals surface area (Å²) >= 11 is 0. The average molecular weight is 282 g/mol. The van der Waals surface area contributed by atoms with Crippen LogP contribution in [-0.4, -0.2) is 24.2 Å². The van der Waals surface area contributed by atoms with E-state index in [2.05, 4.69) is 18.8 Å². The van der Waals surface area contributed by atoms with E-state index in [4.69, 9.17) is 4.74 Å². The first-order valence-electron chi connectivity index (χ1n) is 7.01. The second kappa shape index (κ2) is 5.20. The molecule has 0 bridgehead atoms. The van der Waals surface area contributed by atoms with E-state index in [0.717, 1.165) is 11.1 Å². The van der Waals surface area contributed by atoms with Crippen LogP contribution < -0.4 is 4.90 Å². The van der Waals surface area contributed by atoms with Crippen LogP contribution in [0.4, 0.5) is 10.6 Å². The Morgan fingerprint density at radius 1 is 1.10 bits per heavy atom. The van der Waals surface area contributed by atoms with Gasteiger partial charge in [-0.3, -0.25) is 4.90 Å². The van der Waals surface area contributed by atoms with Gasteiger partial charge in [0, 0.05) is 23.7 Å². The van der Waals surface area contributed by atoms with Crippen molar-refractivity contribution in [2.75, 3.05) is 18.1 Å². The molecule has 2 aromatic rings. The zero-order valence-corrected chi connectivity index (χ0v) is 12.2. The molecular weight excluding hydrogens is 264 g/mol. The molecule has 1 aromatic carbocycles. The molecular formula is C17H18N2O2. The first-order valence-corrected chi connectivity index (χ1v) is 7.01. The van der Waals surface area contributed by atoms with Crippen molar-refractivity contribution in [3.05, 3.63) is 48.7 Å². The minimum absolute atomic E-state index is 0.0618. The SMILES string of the molecule is CC1(C)COC(=O)N(c2ccc(-c3ccccc3)cn2)C1. The maximum absolute atomic E-state index is 11.9. The molecule has 0 aliphatic carbocycles. The van der Waals surface area contributed by atoms with E-state index in [1.165, 1.54) is 0 Å². The van der Waals surface area contributed by atoms with Gasteiger partial charge in [0.2, 0.25) is 0 Å². The molecule has 1 fully saturated rings. The van der Waals surface area contributed by atoms with Crippen molar-refractivity contribution in [1.29, 1.82) is 0 Å². The summed E-state index contributed by atoms with van der Waals surface area (Å²) in [5.41, 5.74) is 2.08. The standard InChI is InChI=1S/C17H18N2O2/c1-17(2)11-19(16(20)21-12-17)15-9-8-14(10-18-15)13-6-4-3-5-7-13/h3-10H,11-12H2,1-2H3. The lowest BCUT2D eigenvalue weighted by molar-refractivity contribution is 0.0819.